The summed E-state index contributed by atoms with van der Waals surface area (Å²) in [7, 11) is 1.61. The number of hydrogen-bond donors (Lipinski definition) is 3. The number of benzene rings is 2. The van der Waals surface area contributed by atoms with Crippen molar-refractivity contribution in [2.24, 2.45) is 4.99 Å². The second kappa shape index (κ2) is 15.3. The topological polar surface area (TPSA) is 84.0 Å². The molecule has 1 amide bonds. The van der Waals surface area contributed by atoms with E-state index < -0.39 is 0 Å². The Morgan fingerprint density at radius 1 is 1.03 bits per heavy atom. The van der Waals surface area contributed by atoms with Crippen LogP contribution in [-0.4, -0.2) is 51.3 Å². The lowest BCUT2D eigenvalue weighted by atomic mass is 10.1. The van der Waals surface area contributed by atoms with Crippen LogP contribution >= 0.6 is 24.0 Å². The minimum absolute atomic E-state index is 0. The number of methoxy groups -OCH3 is 1. The first-order chi connectivity index (χ1) is 15.0. The predicted octanol–water partition coefficient (Wildman–Crippen LogP) is 3.13. The van der Waals surface area contributed by atoms with Crippen LogP contribution in [0.25, 0.3) is 0 Å². The summed E-state index contributed by atoms with van der Waals surface area (Å²) < 4.78 is 24.1. The summed E-state index contributed by atoms with van der Waals surface area (Å²) >= 11 is 0. The van der Waals surface area contributed by atoms with Crippen molar-refractivity contribution in [3.63, 3.8) is 0 Å². The van der Waals surface area contributed by atoms with E-state index in [0.29, 0.717) is 43.6 Å². The molecular weight excluding hydrogens is 526 g/mol. The summed E-state index contributed by atoms with van der Waals surface area (Å²) in [5.41, 5.74) is 0.769. The highest BCUT2D eigenvalue weighted by Crippen LogP contribution is 2.26. The third-order valence-electron chi connectivity index (χ3n) is 4.27. The maximum atomic E-state index is 12.9. The number of nitrogens with one attached hydrogen (secondary N) is 3. The summed E-state index contributed by atoms with van der Waals surface area (Å²) in [6.07, 6.45) is 0.0638. The first kappa shape index (κ1) is 27.5. The van der Waals surface area contributed by atoms with Crippen LogP contribution in [0.15, 0.2) is 53.5 Å². The molecule has 0 heterocycles. The Bertz CT molecular complexity index is 849. The number of nitrogens with zero attached hydrogens (tertiary/aromatic N) is 1. The van der Waals surface area contributed by atoms with Crippen LogP contribution in [0.3, 0.4) is 0 Å². The molecule has 2 aromatic carbocycles. The minimum Gasteiger partial charge on any atom is -0.493 e. The summed E-state index contributed by atoms with van der Waals surface area (Å²) in [5, 5.41) is 9.19. The van der Waals surface area contributed by atoms with Crippen molar-refractivity contribution in [2.75, 3.05) is 33.3 Å². The van der Waals surface area contributed by atoms with Crippen molar-refractivity contribution in [2.45, 2.75) is 26.4 Å². The number of carbonyl (C=O) groups excluding carboxylic acids is 1. The molecule has 1 atom stereocenters. The Morgan fingerprint density at radius 2 is 1.69 bits per heavy atom. The maximum absolute atomic E-state index is 12.9. The highest BCUT2D eigenvalue weighted by Gasteiger charge is 2.09. The molecule has 0 spiro atoms. The third-order valence-corrected chi connectivity index (χ3v) is 4.27. The van der Waals surface area contributed by atoms with Gasteiger partial charge in [-0.15, -0.1) is 24.0 Å². The molecule has 176 valence electrons. The van der Waals surface area contributed by atoms with E-state index >= 15 is 0 Å². The number of rotatable bonds is 11. The highest BCUT2D eigenvalue weighted by molar-refractivity contribution is 14.0. The van der Waals surface area contributed by atoms with Crippen molar-refractivity contribution in [3.8, 4) is 11.5 Å². The van der Waals surface area contributed by atoms with Gasteiger partial charge >= 0.3 is 0 Å². The van der Waals surface area contributed by atoms with Crippen LogP contribution in [0.5, 0.6) is 11.5 Å². The molecule has 32 heavy (non-hydrogen) atoms. The van der Waals surface area contributed by atoms with Gasteiger partial charge in [-0.3, -0.25) is 4.79 Å². The lowest BCUT2D eigenvalue weighted by molar-refractivity contribution is -0.120. The van der Waals surface area contributed by atoms with E-state index in [0.717, 1.165) is 5.56 Å². The molecule has 1 unspecified atom stereocenters. The zero-order valence-electron chi connectivity index (χ0n) is 18.7. The number of amides is 1. The van der Waals surface area contributed by atoms with Crippen LogP contribution in [0.2, 0.25) is 0 Å². The second-order valence-electron chi connectivity index (χ2n) is 6.88. The largest absolute Gasteiger partial charge is 0.493 e. The van der Waals surface area contributed by atoms with E-state index in [2.05, 4.69) is 20.9 Å². The van der Waals surface area contributed by atoms with Gasteiger partial charge in [0.25, 0.3) is 0 Å². The molecule has 7 nitrogen and oxygen atoms in total. The molecule has 9 heteroatoms. The SMILES string of the molecule is CCNC(=NCC(C)Oc1ccccc1OC)NCCNC(=O)Cc1ccc(F)cc1.I. The standard InChI is InChI=1S/C23H31FN4O3.HI/c1-4-25-23(28-16-17(2)31-21-8-6-5-7-20(21)30-3)27-14-13-26-22(29)15-18-9-11-19(24)12-10-18;/h5-12,17H,4,13-16H2,1-3H3,(H,26,29)(H2,25,27,28);1H. The summed E-state index contributed by atoms with van der Waals surface area (Å²) in [5.74, 6) is 1.57. The molecule has 0 aliphatic heterocycles. The lowest BCUT2D eigenvalue weighted by Crippen LogP contribution is -2.42. The minimum atomic E-state index is -0.314. The first-order valence-corrected chi connectivity index (χ1v) is 10.3. The molecule has 0 aliphatic carbocycles. The Hall–Kier alpha value is -2.56. The summed E-state index contributed by atoms with van der Waals surface area (Å²) in [4.78, 5) is 16.5. The fourth-order valence-electron chi connectivity index (χ4n) is 2.76. The first-order valence-electron chi connectivity index (χ1n) is 10.3. The second-order valence-corrected chi connectivity index (χ2v) is 6.88. The van der Waals surface area contributed by atoms with E-state index in [-0.39, 0.29) is 48.2 Å². The zero-order valence-corrected chi connectivity index (χ0v) is 21.0. The fraction of sp³-hybridized carbons (Fsp3) is 0.391. The Labute approximate surface area is 206 Å². The molecule has 0 saturated heterocycles. The highest BCUT2D eigenvalue weighted by atomic mass is 127. The van der Waals surface area contributed by atoms with Crippen LogP contribution in [-0.2, 0) is 11.2 Å². The molecule has 3 N–H and O–H groups in total. The van der Waals surface area contributed by atoms with Gasteiger partial charge in [-0.1, -0.05) is 24.3 Å². The van der Waals surface area contributed by atoms with E-state index in [1.807, 2.05) is 38.1 Å². The number of ether oxygens (including phenoxy) is 2. The Balaban J connectivity index is 0.00000512. The number of guanidine groups is 1. The molecule has 2 rings (SSSR count). The monoisotopic (exact) mass is 558 g/mol. The van der Waals surface area contributed by atoms with Gasteiger partial charge in [0.05, 0.1) is 20.1 Å². The number of halogens is 2. The average Bonchev–Trinajstić information content (AvgIpc) is 2.77. The quantitative estimate of drug-likeness (QED) is 0.171. The zero-order chi connectivity index (χ0) is 22.5. The Kier molecular flexibility index (Phi) is 13.1. The van der Waals surface area contributed by atoms with Crippen LogP contribution < -0.4 is 25.4 Å². The maximum Gasteiger partial charge on any atom is 0.224 e. The van der Waals surface area contributed by atoms with Gasteiger partial charge in [0, 0.05) is 19.6 Å². The van der Waals surface area contributed by atoms with Gasteiger partial charge < -0.3 is 25.4 Å². The molecule has 0 saturated carbocycles. The van der Waals surface area contributed by atoms with Crippen LogP contribution in [0, 0.1) is 5.82 Å². The van der Waals surface area contributed by atoms with Crippen molar-refractivity contribution in [3.05, 3.63) is 59.9 Å². The van der Waals surface area contributed by atoms with E-state index in [1.54, 1.807) is 19.2 Å². The molecule has 2 aromatic rings. The van der Waals surface area contributed by atoms with Gasteiger partial charge in [-0.2, -0.15) is 0 Å². The molecule has 0 bridgehead atoms. The fourth-order valence-corrected chi connectivity index (χ4v) is 2.76. The van der Waals surface area contributed by atoms with Gasteiger partial charge in [0.15, 0.2) is 17.5 Å². The lowest BCUT2D eigenvalue weighted by Gasteiger charge is -2.17. The molecule has 0 radical (unpaired) electrons. The number of hydrogen-bond acceptors (Lipinski definition) is 4. The summed E-state index contributed by atoms with van der Waals surface area (Å²) in [6.45, 7) is 6.04. The third kappa shape index (κ3) is 10.2. The molecule has 0 aliphatic rings. The molecule has 0 aromatic heterocycles. The van der Waals surface area contributed by atoms with Crippen LogP contribution in [0.1, 0.15) is 19.4 Å². The van der Waals surface area contributed by atoms with Gasteiger partial charge in [-0.05, 0) is 43.7 Å². The predicted molar refractivity (Wildman–Crippen MR) is 136 cm³/mol. The molecule has 0 fully saturated rings. The van der Waals surface area contributed by atoms with E-state index in [9.17, 15) is 9.18 Å². The van der Waals surface area contributed by atoms with Crippen LogP contribution in [0.4, 0.5) is 4.39 Å². The van der Waals surface area contributed by atoms with Crippen molar-refractivity contribution in [1.29, 1.82) is 0 Å². The number of para-hydroxylation sites is 2. The van der Waals surface area contributed by atoms with Crippen molar-refractivity contribution in [1.82, 2.24) is 16.0 Å². The van der Waals surface area contributed by atoms with Crippen molar-refractivity contribution < 1.29 is 18.7 Å². The molecular formula is C23H32FIN4O3. The number of carbonyl (C=O) groups is 1. The Morgan fingerprint density at radius 3 is 2.34 bits per heavy atom. The average molecular weight is 558 g/mol. The van der Waals surface area contributed by atoms with Gasteiger partial charge in [0.1, 0.15) is 11.9 Å². The number of aliphatic imine (C=N–C) groups is 1. The normalized spacial score (nSPS) is 11.7. The van der Waals surface area contributed by atoms with E-state index in [4.69, 9.17) is 9.47 Å². The van der Waals surface area contributed by atoms with Crippen molar-refractivity contribution >= 4 is 35.8 Å². The van der Waals surface area contributed by atoms with Gasteiger partial charge in [-0.25, -0.2) is 9.38 Å². The van der Waals surface area contributed by atoms with E-state index in [1.165, 1.54) is 12.1 Å². The van der Waals surface area contributed by atoms with Gasteiger partial charge in [0.2, 0.25) is 5.91 Å². The smallest absolute Gasteiger partial charge is 0.224 e. The summed E-state index contributed by atoms with van der Waals surface area (Å²) in [6, 6.07) is 13.4.